The highest BCUT2D eigenvalue weighted by Crippen LogP contribution is 2.32. The topological polar surface area (TPSA) is 144 Å². The van der Waals surface area contributed by atoms with Crippen LogP contribution in [0.25, 0.3) is 0 Å². The fraction of sp³-hybridized carbons (Fsp3) is 0.333. The predicted molar refractivity (Wildman–Crippen MR) is 119 cm³/mol. The number of ether oxygens (including phenoxy) is 3. The molecule has 2 aliphatic rings. The Labute approximate surface area is 190 Å². The Balaban J connectivity index is 1.34. The second-order valence-corrected chi connectivity index (χ2v) is 9.19. The van der Waals surface area contributed by atoms with Crippen molar-refractivity contribution in [2.45, 2.75) is 23.8 Å². The van der Waals surface area contributed by atoms with Gasteiger partial charge in [-0.05, 0) is 43.2 Å². The van der Waals surface area contributed by atoms with Gasteiger partial charge in [-0.3, -0.25) is 10.1 Å². The molecule has 4 rings (SSSR count). The Kier molecular flexibility index (Phi) is 6.56. The van der Waals surface area contributed by atoms with Gasteiger partial charge < -0.3 is 24.8 Å². The molecule has 1 aliphatic carbocycles. The molecule has 0 bridgehead atoms. The molecule has 0 spiro atoms. The molecule has 176 valence electrons. The standard InChI is InChI=1S/C21H24N4O7S/c1-30-17-7-5-15(33(28,29)25-13-2-3-13)11-16(17)22-12-20(26)24-21(27)23-14-4-6-18-19(10-14)32-9-8-31-18/h4-7,10-11,13,22,25H,2-3,8-9,12H2,1H3,(H2,23,24,26,27). The van der Waals surface area contributed by atoms with Crippen LogP contribution in [0.5, 0.6) is 17.2 Å². The van der Waals surface area contributed by atoms with E-state index < -0.39 is 22.0 Å². The molecule has 1 heterocycles. The van der Waals surface area contributed by atoms with Gasteiger partial charge in [0.05, 0.1) is 24.2 Å². The largest absolute Gasteiger partial charge is 0.495 e. The molecular weight excluding hydrogens is 452 g/mol. The van der Waals surface area contributed by atoms with Gasteiger partial charge in [-0.1, -0.05) is 0 Å². The van der Waals surface area contributed by atoms with Crippen molar-refractivity contribution < 1.29 is 32.2 Å². The number of anilines is 2. The number of rotatable bonds is 8. The second kappa shape index (κ2) is 9.55. The minimum Gasteiger partial charge on any atom is -0.495 e. The fourth-order valence-corrected chi connectivity index (χ4v) is 4.44. The molecule has 0 aromatic heterocycles. The minimum absolute atomic E-state index is 0.0352. The van der Waals surface area contributed by atoms with Gasteiger partial charge in [0.1, 0.15) is 19.0 Å². The summed E-state index contributed by atoms with van der Waals surface area (Å²) in [5, 5.41) is 7.56. The summed E-state index contributed by atoms with van der Waals surface area (Å²) >= 11 is 0. The van der Waals surface area contributed by atoms with E-state index in [4.69, 9.17) is 14.2 Å². The summed E-state index contributed by atoms with van der Waals surface area (Å²) in [5.74, 6) is 0.813. The van der Waals surface area contributed by atoms with E-state index in [0.29, 0.717) is 41.8 Å². The third kappa shape index (κ3) is 5.84. The Hall–Kier alpha value is -3.51. The van der Waals surface area contributed by atoms with Crippen LogP contribution in [-0.4, -0.2) is 53.3 Å². The van der Waals surface area contributed by atoms with Crippen LogP contribution in [-0.2, 0) is 14.8 Å². The summed E-state index contributed by atoms with van der Waals surface area (Å²) < 4.78 is 43.6. The van der Waals surface area contributed by atoms with E-state index >= 15 is 0 Å². The van der Waals surface area contributed by atoms with Crippen LogP contribution in [0.4, 0.5) is 16.2 Å². The number of carbonyl (C=O) groups is 2. The third-order valence-corrected chi connectivity index (χ3v) is 6.39. The van der Waals surface area contributed by atoms with Crippen molar-refractivity contribution >= 4 is 33.3 Å². The maximum absolute atomic E-state index is 12.5. The van der Waals surface area contributed by atoms with Gasteiger partial charge in [-0.15, -0.1) is 0 Å². The van der Waals surface area contributed by atoms with Gasteiger partial charge in [-0.25, -0.2) is 17.9 Å². The van der Waals surface area contributed by atoms with Gasteiger partial charge in [-0.2, -0.15) is 0 Å². The van der Waals surface area contributed by atoms with Crippen molar-refractivity contribution in [1.29, 1.82) is 0 Å². The predicted octanol–water partition coefficient (Wildman–Crippen LogP) is 1.67. The van der Waals surface area contributed by atoms with Gasteiger partial charge in [0.25, 0.3) is 0 Å². The number of urea groups is 1. The maximum atomic E-state index is 12.5. The van der Waals surface area contributed by atoms with E-state index in [1.807, 2.05) is 0 Å². The Morgan fingerprint density at radius 3 is 2.55 bits per heavy atom. The van der Waals surface area contributed by atoms with Gasteiger partial charge in [0.2, 0.25) is 15.9 Å². The van der Waals surface area contributed by atoms with Crippen molar-refractivity contribution in [2.75, 3.05) is 37.5 Å². The van der Waals surface area contributed by atoms with Gasteiger partial charge in [0, 0.05) is 17.8 Å². The molecule has 1 fully saturated rings. The van der Waals surface area contributed by atoms with Crippen LogP contribution in [0.2, 0.25) is 0 Å². The van der Waals surface area contributed by atoms with Crippen LogP contribution in [0, 0.1) is 0 Å². The number of methoxy groups -OCH3 is 1. The van der Waals surface area contributed by atoms with Crippen molar-refractivity contribution in [3.63, 3.8) is 0 Å². The lowest BCUT2D eigenvalue weighted by Gasteiger charge is -2.19. The lowest BCUT2D eigenvalue weighted by Crippen LogP contribution is -2.38. The molecular formula is C21H24N4O7S. The Bertz CT molecular complexity index is 1170. The summed E-state index contributed by atoms with van der Waals surface area (Å²) in [6.45, 7) is 0.582. The zero-order valence-corrected chi connectivity index (χ0v) is 18.7. The molecule has 4 N–H and O–H groups in total. The number of benzene rings is 2. The summed E-state index contributed by atoms with van der Waals surface area (Å²) in [5.41, 5.74) is 0.735. The molecule has 0 saturated heterocycles. The SMILES string of the molecule is COc1ccc(S(=O)(=O)NC2CC2)cc1NCC(=O)NC(=O)Nc1ccc2c(c1)OCCO2. The lowest BCUT2D eigenvalue weighted by atomic mass is 10.2. The van der Waals surface area contributed by atoms with Crippen molar-refractivity contribution in [3.05, 3.63) is 36.4 Å². The molecule has 1 saturated carbocycles. The van der Waals surface area contributed by atoms with Crippen LogP contribution >= 0.6 is 0 Å². The van der Waals surface area contributed by atoms with E-state index in [-0.39, 0.29) is 17.5 Å². The maximum Gasteiger partial charge on any atom is 0.325 e. The molecule has 0 radical (unpaired) electrons. The van der Waals surface area contributed by atoms with Crippen LogP contribution in [0.3, 0.4) is 0 Å². The monoisotopic (exact) mass is 476 g/mol. The number of hydrogen-bond acceptors (Lipinski definition) is 8. The van der Waals surface area contributed by atoms with Crippen LogP contribution in [0.15, 0.2) is 41.3 Å². The Morgan fingerprint density at radius 1 is 1.06 bits per heavy atom. The highest BCUT2D eigenvalue weighted by Gasteiger charge is 2.28. The van der Waals surface area contributed by atoms with Crippen molar-refractivity contribution in [1.82, 2.24) is 10.0 Å². The number of imide groups is 1. The number of amides is 3. The van der Waals surface area contributed by atoms with E-state index in [0.717, 1.165) is 12.8 Å². The molecule has 0 unspecified atom stereocenters. The number of nitrogens with one attached hydrogen (secondary N) is 4. The fourth-order valence-electron chi connectivity index (χ4n) is 3.11. The summed E-state index contributed by atoms with van der Waals surface area (Å²) in [6, 6.07) is 8.44. The molecule has 12 heteroatoms. The molecule has 1 aliphatic heterocycles. The van der Waals surface area contributed by atoms with Gasteiger partial charge in [0.15, 0.2) is 11.5 Å². The first-order valence-corrected chi connectivity index (χ1v) is 11.8. The first kappa shape index (κ1) is 22.7. The van der Waals surface area contributed by atoms with E-state index in [2.05, 4.69) is 20.7 Å². The van der Waals surface area contributed by atoms with Crippen molar-refractivity contribution in [2.24, 2.45) is 0 Å². The molecule has 2 aromatic carbocycles. The Morgan fingerprint density at radius 2 is 1.82 bits per heavy atom. The normalized spacial score (nSPS) is 14.8. The van der Waals surface area contributed by atoms with Crippen LogP contribution in [0.1, 0.15) is 12.8 Å². The highest BCUT2D eigenvalue weighted by atomic mass is 32.2. The molecule has 11 nitrogen and oxygen atoms in total. The molecule has 2 aromatic rings. The first-order chi connectivity index (χ1) is 15.8. The van der Waals surface area contributed by atoms with Gasteiger partial charge >= 0.3 is 6.03 Å². The highest BCUT2D eigenvalue weighted by molar-refractivity contribution is 7.89. The number of hydrogen-bond donors (Lipinski definition) is 4. The first-order valence-electron chi connectivity index (χ1n) is 10.3. The average molecular weight is 477 g/mol. The third-order valence-electron chi connectivity index (χ3n) is 4.87. The van der Waals surface area contributed by atoms with Crippen LogP contribution < -0.4 is 34.9 Å². The summed E-state index contributed by atoms with van der Waals surface area (Å²) in [6.07, 6.45) is 1.63. The lowest BCUT2D eigenvalue weighted by molar-refractivity contribution is -0.118. The molecule has 3 amide bonds. The average Bonchev–Trinajstić information content (AvgIpc) is 3.60. The molecule has 33 heavy (non-hydrogen) atoms. The zero-order valence-electron chi connectivity index (χ0n) is 17.8. The van der Waals surface area contributed by atoms with E-state index in [1.165, 1.54) is 25.3 Å². The number of sulfonamides is 1. The summed E-state index contributed by atoms with van der Waals surface area (Å²) in [4.78, 5) is 24.4. The number of carbonyl (C=O) groups excluding carboxylic acids is 2. The minimum atomic E-state index is -3.67. The second-order valence-electron chi connectivity index (χ2n) is 7.47. The van der Waals surface area contributed by atoms with Crippen molar-refractivity contribution in [3.8, 4) is 17.2 Å². The zero-order chi connectivity index (χ0) is 23.4. The number of fused-ring (bicyclic) bond motifs is 1. The molecule has 0 atom stereocenters. The quantitative estimate of drug-likeness (QED) is 0.450. The smallest absolute Gasteiger partial charge is 0.325 e. The summed E-state index contributed by atoms with van der Waals surface area (Å²) in [7, 11) is -2.24. The van der Waals surface area contributed by atoms with E-state index in [9.17, 15) is 18.0 Å². The van der Waals surface area contributed by atoms with E-state index in [1.54, 1.807) is 18.2 Å².